The number of rotatable bonds is 0. The third-order valence-electron chi connectivity index (χ3n) is 8.46. The summed E-state index contributed by atoms with van der Waals surface area (Å²) in [6.07, 6.45) is 10.9. The van der Waals surface area contributed by atoms with Crippen molar-refractivity contribution in [3.05, 3.63) is 0 Å². The summed E-state index contributed by atoms with van der Waals surface area (Å²) in [5, 5.41) is 11.6. The van der Waals surface area contributed by atoms with Crippen LogP contribution in [0.3, 0.4) is 0 Å². The van der Waals surface area contributed by atoms with Gasteiger partial charge in [0.25, 0.3) is 0 Å². The first-order valence-electron chi connectivity index (χ1n) is 9.13. The van der Waals surface area contributed by atoms with E-state index < -0.39 is 5.60 Å². The van der Waals surface area contributed by atoms with Gasteiger partial charge in [-0.05, 0) is 80.0 Å². The highest BCUT2D eigenvalue weighted by Gasteiger charge is 2.64. The Morgan fingerprint density at radius 2 is 1.81 bits per heavy atom. The number of Topliss-reactive ketones (excluding diaryl/α,β-unsaturated/α-hetero) is 1. The maximum atomic E-state index is 11.9. The predicted molar refractivity (Wildman–Crippen MR) is 82.8 cm³/mol. The normalized spacial score (nSPS) is 56.5. The van der Waals surface area contributed by atoms with E-state index in [0.717, 1.165) is 32.1 Å². The molecule has 0 spiro atoms. The van der Waals surface area contributed by atoms with Crippen molar-refractivity contribution in [3.8, 4) is 0 Å². The fourth-order valence-electron chi connectivity index (χ4n) is 7.00. The largest absolute Gasteiger partial charge is 0.389 e. The van der Waals surface area contributed by atoms with Crippen LogP contribution in [0.2, 0.25) is 0 Å². The Bertz CT molecular complexity index is 472. The van der Waals surface area contributed by atoms with Crippen LogP contribution in [0.15, 0.2) is 0 Å². The second-order valence-electron chi connectivity index (χ2n) is 9.11. The Balaban J connectivity index is 1.69. The average Bonchev–Trinajstić information content (AvgIpc) is 2.75. The van der Waals surface area contributed by atoms with Gasteiger partial charge in [0.2, 0.25) is 0 Å². The third-order valence-corrected chi connectivity index (χ3v) is 8.46. The van der Waals surface area contributed by atoms with Crippen molar-refractivity contribution in [2.45, 2.75) is 83.7 Å². The van der Waals surface area contributed by atoms with Gasteiger partial charge < -0.3 is 5.11 Å². The van der Waals surface area contributed by atoms with E-state index in [1.165, 1.54) is 32.1 Å². The van der Waals surface area contributed by atoms with Gasteiger partial charge in [-0.25, -0.2) is 0 Å². The van der Waals surface area contributed by atoms with Crippen molar-refractivity contribution in [3.63, 3.8) is 0 Å². The predicted octanol–water partition coefficient (Wildman–Crippen LogP) is 4.10. The summed E-state index contributed by atoms with van der Waals surface area (Å²) >= 11 is 0. The van der Waals surface area contributed by atoms with Gasteiger partial charge in [-0.15, -0.1) is 0 Å². The molecule has 0 aliphatic heterocycles. The number of ketones is 1. The van der Waals surface area contributed by atoms with Crippen LogP contribution in [0, 0.1) is 28.6 Å². The summed E-state index contributed by atoms with van der Waals surface area (Å²) in [5.74, 6) is 2.22. The monoisotopic (exact) mass is 290 g/mol. The van der Waals surface area contributed by atoms with Gasteiger partial charge in [-0.3, -0.25) is 4.79 Å². The van der Waals surface area contributed by atoms with Crippen molar-refractivity contribution in [1.82, 2.24) is 0 Å². The van der Waals surface area contributed by atoms with Crippen LogP contribution < -0.4 is 0 Å². The average molecular weight is 290 g/mol. The summed E-state index contributed by atoms with van der Waals surface area (Å²) in [4.78, 5) is 11.9. The van der Waals surface area contributed by atoms with Gasteiger partial charge in [-0.2, -0.15) is 0 Å². The molecule has 4 aliphatic rings. The zero-order valence-corrected chi connectivity index (χ0v) is 13.7. The van der Waals surface area contributed by atoms with Crippen LogP contribution in [0.4, 0.5) is 0 Å². The van der Waals surface area contributed by atoms with Crippen molar-refractivity contribution >= 4 is 5.78 Å². The number of carbonyl (C=O) groups excluding carboxylic acids is 1. The van der Waals surface area contributed by atoms with E-state index in [0.29, 0.717) is 29.0 Å². The third kappa shape index (κ3) is 1.72. The van der Waals surface area contributed by atoms with Crippen molar-refractivity contribution in [1.29, 1.82) is 0 Å². The highest BCUT2D eigenvalue weighted by atomic mass is 16.3. The van der Waals surface area contributed by atoms with E-state index in [4.69, 9.17) is 0 Å². The molecule has 5 unspecified atom stereocenters. The number of carbonyl (C=O) groups is 1. The van der Waals surface area contributed by atoms with Crippen LogP contribution in [0.5, 0.6) is 0 Å². The Kier molecular flexibility index (Phi) is 2.94. The quantitative estimate of drug-likeness (QED) is 0.729. The lowest BCUT2D eigenvalue weighted by atomic mass is 9.44. The highest BCUT2D eigenvalue weighted by Crippen LogP contribution is 2.67. The summed E-state index contributed by atoms with van der Waals surface area (Å²) in [7, 11) is 0. The molecule has 4 fully saturated rings. The molecule has 0 bridgehead atoms. The number of aliphatic hydroxyl groups is 1. The molecular formula is C19H30O2. The molecule has 0 aromatic carbocycles. The second-order valence-corrected chi connectivity index (χ2v) is 9.11. The molecule has 4 aliphatic carbocycles. The van der Waals surface area contributed by atoms with Crippen molar-refractivity contribution in [2.24, 2.45) is 28.6 Å². The minimum atomic E-state index is -0.411. The number of hydrogen-bond acceptors (Lipinski definition) is 2. The smallest absolute Gasteiger partial charge is 0.133 e. The standard InChI is InChI=1S/C19H30O2/c1-17-8-3-9-19(17,21)16-5-4-13-12-14(20)6-11-18(13,2)15(16)7-10-17/h13,15-16,21H,3-12H2,1-2H3/t13-,15?,16?,17?,18?,19?/m0/s1. The minimum absolute atomic E-state index is 0.169. The Labute approximate surface area is 128 Å². The lowest BCUT2D eigenvalue weighted by Crippen LogP contribution is -2.61. The fraction of sp³-hybridized carbons (Fsp3) is 0.947. The first-order chi connectivity index (χ1) is 9.89. The number of hydrogen-bond donors (Lipinski definition) is 1. The fourth-order valence-corrected chi connectivity index (χ4v) is 7.00. The van der Waals surface area contributed by atoms with Gasteiger partial charge in [0.1, 0.15) is 5.78 Å². The number of fused-ring (bicyclic) bond motifs is 5. The molecule has 0 amide bonds. The molecule has 0 saturated heterocycles. The Hall–Kier alpha value is -0.370. The molecule has 2 nitrogen and oxygen atoms in total. The highest BCUT2D eigenvalue weighted by molar-refractivity contribution is 5.79. The van der Waals surface area contributed by atoms with Crippen LogP contribution in [-0.2, 0) is 4.79 Å². The summed E-state index contributed by atoms with van der Waals surface area (Å²) in [6, 6.07) is 0. The summed E-state index contributed by atoms with van der Waals surface area (Å²) < 4.78 is 0. The SMILES string of the molecule is CC12CCC(=O)C[C@@H]1CCC1C2CCC2(C)CCCC12O. The van der Waals surface area contributed by atoms with E-state index in [-0.39, 0.29) is 5.41 Å². The molecule has 6 atom stereocenters. The zero-order chi connectivity index (χ0) is 14.9. The maximum Gasteiger partial charge on any atom is 0.133 e. The molecule has 4 rings (SSSR count). The van der Waals surface area contributed by atoms with E-state index in [2.05, 4.69) is 13.8 Å². The van der Waals surface area contributed by atoms with Crippen LogP contribution >= 0.6 is 0 Å². The second kappa shape index (κ2) is 4.34. The van der Waals surface area contributed by atoms with Gasteiger partial charge in [0.15, 0.2) is 0 Å². The van der Waals surface area contributed by atoms with Crippen molar-refractivity contribution in [2.75, 3.05) is 0 Å². The van der Waals surface area contributed by atoms with Gasteiger partial charge in [0.05, 0.1) is 5.60 Å². The first kappa shape index (κ1) is 14.2. The lowest BCUT2D eigenvalue weighted by molar-refractivity contribution is -0.197. The van der Waals surface area contributed by atoms with Crippen LogP contribution in [-0.4, -0.2) is 16.5 Å². The van der Waals surface area contributed by atoms with Crippen molar-refractivity contribution < 1.29 is 9.90 Å². The first-order valence-corrected chi connectivity index (χ1v) is 9.13. The van der Waals surface area contributed by atoms with E-state index >= 15 is 0 Å². The topological polar surface area (TPSA) is 37.3 Å². The molecule has 21 heavy (non-hydrogen) atoms. The molecular weight excluding hydrogens is 260 g/mol. The summed E-state index contributed by atoms with van der Waals surface area (Å²) in [6.45, 7) is 4.79. The lowest BCUT2D eigenvalue weighted by Gasteiger charge is -2.62. The molecule has 2 heteroatoms. The molecule has 0 heterocycles. The van der Waals surface area contributed by atoms with E-state index in [1.807, 2.05) is 0 Å². The zero-order valence-electron chi connectivity index (χ0n) is 13.7. The van der Waals surface area contributed by atoms with Gasteiger partial charge in [-0.1, -0.05) is 13.8 Å². The molecule has 118 valence electrons. The molecule has 0 aromatic rings. The maximum absolute atomic E-state index is 11.9. The minimum Gasteiger partial charge on any atom is -0.389 e. The Morgan fingerprint density at radius 1 is 1.00 bits per heavy atom. The van der Waals surface area contributed by atoms with Gasteiger partial charge >= 0.3 is 0 Å². The molecule has 1 N–H and O–H groups in total. The van der Waals surface area contributed by atoms with Crippen LogP contribution in [0.25, 0.3) is 0 Å². The van der Waals surface area contributed by atoms with E-state index in [9.17, 15) is 9.90 Å². The van der Waals surface area contributed by atoms with Gasteiger partial charge in [0, 0.05) is 12.8 Å². The molecule has 0 radical (unpaired) electrons. The van der Waals surface area contributed by atoms with E-state index in [1.54, 1.807) is 0 Å². The molecule has 0 aromatic heterocycles. The molecule has 4 saturated carbocycles. The summed E-state index contributed by atoms with van der Waals surface area (Å²) in [5.41, 5.74) is 0.0731. The Morgan fingerprint density at radius 3 is 2.62 bits per heavy atom. The van der Waals surface area contributed by atoms with Crippen LogP contribution in [0.1, 0.15) is 78.1 Å².